The van der Waals surface area contributed by atoms with Crippen molar-refractivity contribution in [2.75, 3.05) is 6.16 Å². The summed E-state index contributed by atoms with van der Waals surface area (Å²) in [4.78, 5) is 10.8. The van der Waals surface area contributed by atoms with Crippen molar-refractivity contribution in [2.45, 2.75) is 65.2 Å². The van der Waals surface area contributed by atoms with Gasteiger partial charge in [-0.2, -0.15) is 0 Å². The van der Waals surface area contributed by atoms with Gasteiger partial charge >= 0.3 is 83.7 Å². The Morgan fingerprint density at radius 2 is 1.23 bits per heavy atom. The summed E-state index contributed by atoms with van der Waals surface area (Å²) >= 11 is 0. The number of hydrogen-bond acceptors (Lipinski definition) is 1. The second-order valence-electron chi connectivity index (χ2n) is 6.11. The van der Waals surface area contributed by atoms with E-state index in [0.717, 1.165) is 12.6 Å². The zero-order chi connectivity index (χ0) is 10.9. The molecule has 0 aliphatic heterocycles. The molecular formula is C11H27OP. The Morgan fingerprint density at radius 1 is 0.923 bits per heavy atom. The molecule has 0 aliphatic rings. The van der Waals surface area contributed by atoms with Crippen molar-refractivity contribution < 1.29 is 4.89 Å². The second kappa shape index (κ2) is 3.87. The molecule has 0 unspecified atom stereocenters. The van der Waals surface area contributed by atoms with Gasteiger partial charge in [0.15, 0.2) is 0 Å². The average molecular weight is 206 g/mol. The zero-order valence-electron chi connectivity index (χ0n) is 10.4. The van der Waals surface area contributed by atoms with Gasteiger partial charge in [0.05, 0.1) is 0 Å². The standard InChI is InChI=1S/C11H27OP/c1-8-9-13(12,10(2,3)4)11(5,6)7/h12-13H,8-9H2,1-7H3. The topological polar surface area (TPSA) is 20.2 Å². The van der Waals surface area contributed by atoms with Gasteiger partial charge in [0.2, 0.25) is 0 Å². The van der Waals surface area contributed by atoms with Crippen LogP contribution in [0.4, 0.5) is 0 Å². The van der Waals surface area contributed by atoms with Crippen LogP contribution >= 0.6 is 7.49 Å². The fourth-order valence-corrected chi connectivity index (χ4v) is 6.71. The Morgan fingerprint density at radius 3 is 1.31 bits per heavy atom. The van der Waals surface area contributed by atoms with Gasteiger partial charge in [-0.05, 0) is 0 Å². The molecule has 0 heterocycles. The van der Waals surface area contributed by atoms with E-state index in [1.54, 1.807) is 0 Å². The van der Waals surface area contributed by atoms with Crippen LogP contribution in [0.5, 0.6) is 0 Å². The molecule has 0 rings (SSSR count). The van der Waals surface area contributed by atoms with Crippen molar-refractivity contribution in [2.24, 2.45) is 0 Å². The van der Waals surface area contributed by atoms with Crippen molar-refractivity contribution in [1.82, 2.24) is 0 Å². The van der Waals surface area contributed by atoms with Gasteiger partial charge in [-0.15, -0.1) is 0 Å². The SMILES string of the molecule is CCC[PH](O)(C(C)(C)C)C(C)(C)C. The first-order chi connectivity index (χ1) is 5.56. The van der Waals surface area contributed by atoms with Crippen LogP contribution in [0.3, 0.4) is 0 Å². The van der Waals surface area contributed by atoms with Crippen molar-refractivity contribution in [3.05, 3.63) is 0 Å². The molecule has 2 heteroatoms. The van der Waals surface area contributed by atoms with E-state index in [2.05, 4.69) is 48.5 Å². The summed E-state index contributed by atoms with van der Waals surface area (Å²) < 4.78 is 0. The summed E-state index contributed by atoms with van der Waals surface area (Å²) in [6.45, 7) is 15.2. The first kappa shape index (κ1) is 13.4. The predicted octanol–water partition coefficient (Wildman–Crippen LogP) is 3.65. The third kappa shape index (κ3) is 2.67. The Balaban J connectivity index is 4.96. The normalized spacial score (nSPS) is 16.0. The molecule has 0 saturated carbocycles. The first-order valence-corrected chi connectivity index (χ1v) is 7.44. The molecule has 82 valence electrons. The molecule has 0 aliphatic carbocycles. The molecule has 1 nitrogen and oxygen atoms in total. The predicted molar refractivity (Wildman–Crippen MR) is 65.2 cm³/mol. The Bertz CT molecular complexity index is 148. The van der Waals surface area contributed by atoms with Crippen LogP contribution in [-0.2, 0) is 0 Å². The van der Waals surface area contributed by atoms with E-state index in [1.807, 2.05) is 0 Å². The fraction of sp³-hybridized carbons (Fsp3) is 1.00. The van der Waals surface area contributed by atoms with Crippen molar-refractivity contribution in [1.29, 1.82) is 0 Å². The van der Waals surface area contributed by atoms with Crippen LogP contribution in [-0.4, -0.2) is 21.4 Å². The van der Waals surface area contributed by atoms with Gasteiger partial charge in [0, 0.05) is 0 Å². The quantitative estimate of drug-likeness (QED) is 0.684. The summed E-state index contributed by atoms with van der Waals surface area (Å²) in [5, 5.41) is 0.169. The Kier molecular flexibility index (Phi) is 3.98. The molecule has 0 aromatic carbocycles. The van der Waals surface area contributed by atoms with Gasteiger partial charge in [-0.3, -0.25) is 0 Å². The number of rotatable bonds is 2. The van der Waals surface area contributed by atoms with Crippen LogP contribution in [0.2, 0.25) is 0 Å². The Labute approximate surface area is 84.4 Å². The van der Waals surface area contributed by atoms with E-state index < -0.39 is 7.49 Å². The molecule has 0 saturated heterocycles. The van der Waals surface area contributed by atoms with E-state index in [4.69, 9.17) is 0 Å². The van der Waals surface area contributed by atoms with Crippen LogP contribution in [0.15, 0.2) is 0 Å². The summed E-state index contributed by atoms with van der Waals surface area (Å²) in [7, 11) is -2.15. The van der Waals surface area contributed by atoms with E-state index in [0.29, 0.717) is 0 Å². The Hall–Kier alpha value is 0.390. The van der Waals surface area contributed by atoms with Gasteiger partial charge < -0.3 is 0 Å². The van der Waals surface area contributed by atoms with E-state index >= 15 is 0 Å². The molecule has 1 N–H and O–H groups in total. The maximum atomic E-state index is 10.8. The van der Waals surface area contributed by atoms with Crippen LogP contribution in [0.1, 0.15) is 54.9 Å². The van der Waals surface area contributed by atoms with E-state index in [-0.39, 0.29) is 10.3 Å². The van der Waals surface area contributed by atoms with Crippen molar-refractivity contribution in [3.63, 3.8) is 0 Å². The summed E-state index contributed by atoms with van der Waals surface area (Å²) in [5.74, 6) is 0. The van der Waals surface area contributed by atoms with E-state index in [1.165, 1.54) is 0 Å². The third-order valence-corrected chi connectivity index (χ3v) is 9.28. The molecule has 13 heavy (non-hydrogen) atoms. The van der Waals surface area contributed by atoms with Crippen LogP contribution < -0.4 is 0 Å². The maximum absolute atomic E-state index is 10.8. The average Bonchev–Trinajstić information content (AvgIpc) is 1.82. The van der Waals surface area contributed by atoms with Gasteiger partial charge in [0.1, 0.15) is 0 Å². The summed E-state index contributed by atoms with van der Waals surface area (Å²) in [5.41, 5.74) is 0. The first-order valence-electron chi connectivity index (χ1n) is 5.28. The molecule has 0 spiro atoms. The van der Waals surface area contributed by atoms with Crippen LogP contribution in [0, 0.1) is 0 Å². The van der Waals surface area contributed by atoms with Crippen molar-refractivity contribution in [3.8, 4) is 0 Å². The molecule has 0 fully saturated rings. The van der Waals surface area contributed by atoms with Crippen molar-refractivity contribution >= 4 is 7.49 Å². The molecule has 0 radical (unpaired) electrons. The summed E-state index contributed by atoms with van der Waals surface area (Å²) in [6, 6.07) is 0. The van der Waals surface area contributed by atoms with Crippen LogP contribution in [0.25, 0.3) is 0 Å². The van der Waals surface area contributed by atoms with Gasteiger partial charge in [0.25, 0.3) is 0 Å². The summed E-state index contributed by atoms with van der Waals surface area (Å²) in [6.07, 6.45) is 2.11. The number of hydrogen-bond donors (Lipinski definition) is 1. The fourth-order valence-electron chi connectivity index (χ4n) is 2.24. The molecule has 0 amide bonds. The third-order valence-electron chi connectivity index (χ3n) is 3.09. The van der Waals surface area contributed by atoms with Gasteiger partial charge in [-0.1, -0.05) is 0 Å². The molecule has 0 aromatic heterocycles. The minimum atomic E-state index is -2.15. The second-order valence-corrected chi connectivity index (χ2v) is 11.3. The zero-order valence-corrected chi connectivity index (χ0v) is 11.4. The van der Waals surface area contributed by atoms with Gasteiger partial charge in [-0.25, -0.2) is 0 Å². The molecule has 0 atom stereocenters. The molecule has 0 aromatic rings. The minimum absolute atomic E-state index is 0.0846. The van der Waals surface area contributed by atoms with E-state index in [9.17, 15) is 4.89 Å². The molecular weight excluding hydrogens is 179 g/mol. The monoisotopic (exact) mass is 206 g/mol. The molecule has 0 bridgehead atoms.